The minimum absolute atomic E-state index is 0.249. The number of rotatable bonds is 7. The van der Waals surface area contributed by atoms with E-state index in [1.807, 2.05) is 12.3 Å². The maximum Gasteiger partial charge on any atom is 0.0664 e. The first kappa shape index (κ1) is 14.7. The summed E-state index contributed by atoms with van der Waals surface area (Å²) in [6.45, 7) is 3.50. The molecule has 0 aliphatic rings. The van der Waals surface area contributed by atoms with Crippen LogP contribution in [0.25, 0.3) is 11.1 Å². The third-order valence-electron chi connectivity index (χ3n) is 3.25. The predicted molar refractivity (Wildman–Crippen MR) is 82.3 cm³/mol. The van der Waals surface area contributed by atoms with Crippen LogP contribution in [0.4, 0.5) is 0 Å². The molecule has 1 atom stereocenters. The standard InChI is InChI=1S/C17H22N2O/c1-2-5-17(20)13-19-11-14-6-3-7-15(10-14)16-8-4-9-18-12-16/h3-4,6-10,12,17,19-20H,2,5,11,13H2,1H3. The summed E-state index contributed by atoms with van der Waals surface area (Å²) in [5.41, 5.74) is 3.52. The van der Waals surface area contributed by atoms with Crippen molar-refractivity contribution in [3.8, 4) is 11.1 Å². The van der Waals surface area contributed by atoms with Crippen molar-refractivity contribution in [2.24, 2.45) is 0 Å². The van der Waals surface area contributed by atoms with Gasteiger partial charge in [0.2, 0.25) is 0 Å². The van der Waals surface area contributed by atoms with Crippen LogP contribution in [-0.4, -0.2) is 22.7 Å². The second-order valence-electron chi connectivity index (χ2n) is 5.02. The van der Waals surface area contributed by atoms with Gasteiger partial charge < -0.3 is 10.4 Å². The molecule has 3 heteroatoms. The van der Waals surface area contributed by atoms with Gasteiger partial charge >= 0.3 is 0 Å². The van der Waals surface area contributed by atoms with Crippen molar-refractivity contribution in [2.75, 3.05) is 6.54 Å². The Labute approximate surface area is 120 Å². The van der Waals surface area contributed by atoms with Gasteiger partial charge in [-0.05, 0) is 35.2 Å². The molecule has 0 saturated carbocycles. The fourth-order valence-electron chi connectivity index (χ4n) is 2.21. The Morgan fingerprint density at radius 1 is 1.20 bits per heavy atom. The molecule has 20 heavy (non-hydrogen) atoms. The third-order valence-corrected chi connectivity index (χ3v) is 3.25. The molecule has 2 rings (SSSR count). The van der Waals surface area contributed by atoms with E-state index in [9.17, 15) is 5.11 Å². The fraction of sp³-hybridized carbons (Fsp3) is 0.353. The highest BCUT2D eigenvalue weighted by atomic mass is 16.3. The molecule has 2 N–H and O–H groups in total. The predicted octanol–water partition coefficient (Wildman–Crippen LogP) is 3.00. The summed E-state index contributed by atoms with van der Waals surface area (Å²) in [5, 5.41) is 13.0. The molecule has 1 aromatic heterocycles. The number of nitrogens with one attached hydrogen (secondary N) is 1. The van der Waals surface area contributed by atoms with Crippen LogP contribution >= 0.6 is 0 Å². The lowest BCUT2D eigenvalue weighted by atomic mass is 10.0. The minimum Gasteiger partial charge on any atom is -0.392 e. The summed E-state index contributed by atoms with van der Waals surface area (Å²) >= 11 is 0. The van der Waals surface area contributed by atoms with Gasteiger partial charge in [0, 0.05) is 25.5 Å². The third kappa shape index (κ3) is 4.44. The van der Waals surface area contributed by atoms with Crippen LogP contribution in [0.3, 0.4) is 0 Å². The number of hydrogen-bond donors (Lipinski definition) is 2. The number of pyridine rings is 1. The van der Waals surface area contributed by atoms with Crippen molar-refractivity contribution >= 4 is 0 Å². The first-order valence-electron chi connectivity index (χ1n) is 7.17. The molecule has 1 unspecified atom stereocenters. The number of benzene rings is 1. The van der Waals surface area contributed by atoms with Crippen LogP contribution in [-0.2, 0) is 6.54 Å². The normalized spacial score (nSPS) is 12.3. The maximum atomic E-state index is 9.69. The van der Waals surface area contributed by atoms with Crippen molar-refractivity contribution in [1.82, 2.24) is 10.3 Å². The van der Waals surface area contributed by atoms with Gasteiger partial charge in [0.15, 0.2) is 0 Å². The van der Waals surface area contributed by atoms with Gasteiger partial charge in [0.1, 0.15) is 0 Å². The summed E-state index contributed by atoms with van der Waals surface area (Å²) < 4.78 is 0. The van der Waals surface area contributed by atoms with Crippen molar-refractivity contribution < 1.29 is 5.11 Å². The van der Waals surface area contributed by atoms with Gasteiger partial charge in [-0.25, -0.2) is 0 Å². The zero-order valence-corrected chi connectivity index (χ0v) is 11.9. The Hall–Kier alpha value is -1.71. The molecule has 0 bridgehead atoms. The zero-order valence-electron chi connectivity index (χ0n) is 11.9. The van der Waals surface area contributed by atoms with E-state index in [1.165, 1.54) is 11.1 Å². The van der Waals surface area contributed by atoms with E-state index in [0.29, 0.717) is 6.54 Å². The summed E-state index contributed by atoms with van der Waals surface area (Å²) in [4.78, 5) is 4.15. The average Bonchev–Trinajstić information content (AvgIpc) is 2.49. The molecular formula is C17H22N2O. The molecule has 0 radical (unpaired) electrons. The van der Waals surface area contributed by atoms with Crippen LogP contribution in [0, 0.1) is 0 Å². The topological polar surface area (TPSA) is 45.1 Å². The monoisotopic (exact) mass is 270 g/mol. The fourth-order valence-corrected chi connectivity index (χ4v) is 2.21. The number of aliphatic hydroxyl groups excluding tert-OH is 1. The lowest BCUT2D eigenvalue weighted by Gasteiger charge is -2.11. The highest BCUT2D eigenvalue weighted by Gasteiger charge is 2.03. The van der Waals surface area contributed by atoms with E-state index in [0.717, 1.165) is 24.9 Å². The van der Waals surface area contributed by atoms with Gasteiger partial charge in [-0.15, -0.1) is 0 Å². The second-order valence-corrected chi connectivity index (χ2v) is 5.02. The summed E-state index contributed by atoms with van der Waals surface area (Å²) in [5.74, 6) is 0. The van der Waals surface area contributed by atoms with Gasteiger partial charge in [-0.1, -0.05) is 37.6 Å². The van der Waals surface area contributed by atoms with Crippen molar-refractivity contribution in [3.63, 3.8) is 0 Å². The van der Waals surface area contributed by atoms with E-state index in [2.05, 4.69) is 47.6 Å². The van der Waals surface area contributed by atoms with Gasteiger partial charge in [0.25, 0.3) is 0 Å². The largest absolute Gasteiger partial charge is 0.392 e. The molecular weight excluding hydrogens is 248 g/mol. The van der Waals surface area contributed by atoms with E-state index < -0.39 is 0 Å². The first-order valence-corrected chi connectivity index (χ1v) is 7.17. The molecule has 1 aromatic carbocycles. The van der Waals surface area contributed by atoms with Crippen LogP contribution in [0.15, 0.2) is 48.8 Å². The van der Waals surface area contributed by atoms with Crippen LogP contribution in [0.5, 0.6) is 0 Å². The van der Waals surface area contributed by atoms with Gasteiger partial charge in [0.05, 0.1) is 6.10 Å². The van der Waals surface area contributed by atoms with Crippen molar-refractivity contribution in [2.45, 2.75) is 32.4 Å². The molecule has 0 aliphatic heterocycles. The number of hydrogen-bond acceptors (Lipinski definition) is 3. The SMILES string of the molecule is CCCC(O)CNCc1cccc(-c2cccnc2)c1. The molecule has 0 spiro atoms. The van der Waals surface area contributed by atoms with Gasteiger partial charge in [-0.3, -0.25) is 4.98 Å². The highest BCUT2D eigenvalue weighted by molar-refractivity contribution is 5.62. The quantitative estimate of drug-likeness (QED) is 0.813. The smallest absolute Gasteiger partial charge is 0.0664 e. The zero-order chi connectivity index (χ0) is 14.2. The molecule has 2 aromatic rings. The minimum atomic E-state index is -0.249. The number of aromatic nitrogens is 1. The summed E-state index contributed by atoms with van der Waals surface area (Å²) in [6, 6.07) is 12.4. The molecule has 0 saturated heterocycles. The molecule has 1 heterocycles. The summed E-state index contributed by atoms with van der Waals surface area (Å²) in [7, 11) is 0. The average molecular weight is 270 g/mol. The lowest BCUT2D eigenvalue weighted by molar-refractivity contribution is 0.160. The first-order chi connectivity index (χ1) is 9.79. The van der Waals surface area contributed by atoms with Crippen molar-refractivity contribution in [3.05, 3.63) is 54.4 Å². The van der Waals surface area contributed by atoms with Crippen LogP contribution in [0.1, 0.15) is 25.3 Å². The Bertz CT molecular complexity index is 513. The molecule has 3 nitrogen and oxygen atoms in total. The number of aliphatic hydroxyl groups is 1. The second kappa shape index (κ2) is 7.78. The lowest BCUT2D eigenvalue weighted by Crippen LogP contribution is -2.26. The van der Waals surface area contributed by atoms with Crippen LogP contribution in [0.2, 0.25) is 0 Å². The Morgan fingerprint density at radius 3 is 2.80 bits per heavy atom. The Kier molecular flexibility index (Phi) is 5.71. The molecule has 0 fully saturated rings. The molecule has 106 valence electrons. The Morgan fingerprint density at radius 2 is 2.05 bits per heavy atom. The van der Waals surface area contributed by atoms with E-state index in [4.69, 9.17) is 0 Å². The number of nitrogens with zero attached hydrogens (tertiary/aromatic N) is 1. The van der Waals surface area contributed by atoms with E-state index >= 15 is 0 Å². The van der Waals surface area contributed by atoms with E-state index in [-0.39, 0.29) is 6.10 Å². The Balaban J connectivity index is 1.93. The molecule has 0 aliphatic carbocycles. The maximum absolute atomic E-state index is 9.69. The van der Waals surface area contributed by atoms with Crippen LogP contribution < -0.4 is 5.32 Å². The molecule has 0 amide bonds. The van der Waals surface area contributed by atoms with Crippen molar-refractivity contribution in [1.29, 1.82) is 0 Å². The van der Waals surface area contributed by atoms with E-state index in [1.54, 1.807) is 6.20 Å². The summed E-state index contributed by atoms with van der Waals surface area (Å²) in [6.07, 6.45) is 5.27. The highest BCUT2D eigenvalue weighted by Crippen LogP contribution is 2.19. The van der Waals surface area contributed by atoms with Gasteiger partial charge in [-0.2, -0.15) is 0 Å².